The highest BCUT2D eigenvalue weighted by Crippen LogP contribution is 2.03. The number of carbonyl (C=O) groups is 1. The summed E-state index contributed by atoms with van der Waals surface area (Å²) < 4.78 is 0. The fourth-order valence-corrected chi connectivity index (χ4v) is 0.986. The zero-order chi connectivity index (χ0) is 10.7. The summed E-state index contributed by atoms with van der Waals surface area (Å²) in [6.07, 6.45) is 3.06. The summed E-state index contributed by atoms with van der Waals surface area (Å²) >= 11 is 0. The number of amides is 1. The summed E-state index contributed by atoms with van der Waals surface area (Å²) in [7, 11) is 0. The second-order valence-electron chi connectivity index (χ2n) is 2.73. The van der Waals surface area contributed by atoms with E-state index >= 15 is 0 Å². The molecular weight excluding hydrogens is 196 g/mol. The lowest BCUT2D eigenvalue weighted by Gasteiger charge is -1.99. The number of hydrogen-bond donors (Lipinski definition) is 3. The number of nitrogens with zero attached hydrogens (tertiary/aromatic N) is 3. The second kappa shape index (κ2) is 3.74. The van der Waals surface area contributed by atoms with E-state index in [1.165, 1.54) is 18.5 Å². The van der Waals surface area contributed by atoms with Gasteiger partial charge in [-0.25, -0.2) is 9.97 Å². The molecule has 0 fully saturated rings. The second-order valence-corrected chi connectivity index (χ2v) is 2.73. The van der Waals surface area contributed by atoms with E-state index in [0.29, 0.717) is 0 Å². The van der Waals surface area contributed by atoms with Crippen molar-refractivity contribution in [3.8, 4) is 0 Å². The monoisotopic (exact) mass is 204 g/mol. The van der Waals surface area contributed by atoms with Gasteiger partial charge in [-0.05, 0) is 6.07 Å². The third-order valence-corrected chi connectivity index (χ3v) is 1.63. The molecule has 0 spiro atoms. The van der Waals surface area contributed by atoms with Crippen LogP contribution in [0.4, 0.5) is 11.8 Å². The van der Waals surface area contributed by atoms with Crippen LogP contribution in [0.25, 0.3) is 0 Å². The molecule has 7 nitrogen and oxygen atoms in total. The van der Waals surface area contributed by atoms with Crippen LogP contribution in [0.2, 0.25) is 0 Å². The molecule has 0 bridgehead atoms. The maximum atomic E-state index is 11.5. The molecule has 76 valence electrons. The van der Waals surface area contributed by atoms with Crippen molar-refractivity contribution in [2.45, 2.75) is 0 Å². The molecule has 4 N–H and O–H groups in total. The predicted octanol–water partition coefficient (Wildman–Crippen LogP) is 0.0342. The van der Waals surface area contributed by atoms with E-state index in [-0.39, 0.29) is 23.4 Å². The molecule has 2 aromatic rings. The van der Waals surface area contributed by atoms with E-state index in [2.05, 4.69) is 25.5 Å². The van der Waals surface area contributed by atoms with E-state index in [0.717, 1.165) is 0 Å². The molecule has 0 atom stereocenters. The van der Waals surface area contributed by atoms with Crippen molar-refractivity contribution < 1.29 is 4.79 Å². The summed E-state index contributed by atoms with van der Waals surface area (Å²) in [5.41, 5.74) is 5.62. The summed E-state index contributed by atoms with van der Waals surface area (Å²) in [5, 5.41) is 8.60. The Morgan fingerprint density at radius 2 is 2.13 bits per heavy atom. The van der Waals surface area contributed by atoms with Gasteiger partial charge < -0.3 is 5.73 Å². The molecule has 0 aliphatic carbocycles. The highest BCUT2D eigenvalue weighted by atomic mass is 16.2. The Morgan fingerprint density at radius 3 is 2.73 bits per heavy atom. The topological polar surface area (TPSA) is 110 Å². The minimum absolute atomic E-state index is 0.232. The molecule has 0 aromatic carbocycles. The van der Waals surface area contributed by atoms with Gasteiger partial charge in [-0.1, -0.05) is 0 Å². The Morgan fingerprint density at radius 1 is 1.40 bits per heavy atom. The van der Waals surface area contributed by atoms with Crippen molar-refractivity contribution >= 4 is 17.7 Å². The summed E-state index contributed by atoms with van der Waals surface area (Å²) in [4.78, 5) is 19.2. The minimum atomic E-state index is -0.384. The number of anilines is 2. The first-order chi connectivity index (χ1) is 7.25. The van der Waals surface area contributed by atoms with Crippen LogP contribution in [0.1, 0.15) is 10.5 Å². The average molecular weight is 204 g/mol. The van der Waals surface area contributed by atoms with E-state index < -0.39 is 0 Å². The number of nitrogens with one attached hydrogen (secondary N) is 2. The molecular formula is C8H8N6O. The molecule has 15 heavy (non-hydrogen) atoms. The van der Waals surface area contributed by atoms with Crippen molar-refractivity contribution in [3.05, 3.63) is 30.2 Å². The molecule has 0 saturated carbocycles. The zero-order valence-electron chi connectivity index (χ0n) is 7.64. The van der Waals surface area contributed by atoms with Crippen LogP contribution in [-0.2, 0) is 0 Å². The SMILES string of the molecule is Nc1cc(C(=O)Nc2ncccn2)[nH]n1. The Bertz CT molecular complexity index is 465. The Hall–Kier alpha value is -2.44. The van der Waals surface area contributed by atoms with Gasteiger partial charge in [-0.15, -0.1) is 0 Å². The molecule has 1 amide bonds. The van der Waals surface area contributed by atoms with Crippen LogP contribution in [0, 0.1) is 0 Å². The number of nitrogens with two attached hydrogens (primary N) is 1. The molecule has 2 heterocycles. The Kier molecular flexibility index (Phi) is 2.28. The first-order valence-corrected chi connectivity index (χ1v) is 4.15. The van der Waals surface area contributed by atoms with Crippen molar-refractivity contribution in [1.82, 2.24) is 20.2 Å². The number of aromatic amines is 1. The van der Waals surface area contributed by atoms with E-state index in [1.54, 1.807) is 6.07 Å². The molecule has 2 rings (SSSR count). The Balaban J connectivity index is 2.11. The maximum Gasteiger partial charge on any atom is 0.276 e. The fourth-order valence-electron chi connectivity index (χ4n) is 0.986. The number of aromatic nitrogens is 4. The van der Waals surface area contributed by atoms with Crippen molar-refractivity contribution in [1.29, 1.82) is 0 Å². The fraction of sp³-hybridized carbons (Fsp3) is 0. The molecule has 0 radical (unpaired) electrons. The molecule has 0 aliphatic rings. The van der Waals surface area contributed by atoms with E-state index in [1.807, 2.05) is 0 Å². The lowest BCUT2D eigenvalue weighted by molar-refractivity contribution is 0.102. The standard InChI is InChI=1S/C8H8N6O/c9-6-4-5(13-14-6)7(15)12-8-10-2-1-3-11-8/h1-4H,(H3,9,13,14)(H,10,11,12,15). The lowest BCUT2D eigenvalue weighted by Crippen LogP contribution is -2.14. The summed E-state index contributed by atoms with van der Waals surface area (Å²) in [6.45, 7) is 0. The molecule has 0 unspecified atom stereocenters. The third-order valence-electron chi connectivity index (χ3n) is 1.63. The van der Waals surface area contributed by atoms with Gasteiger partial charge >= 0.3 is 0 Å². The third kappa shape index (κ3) is 2.08. The van der Waals surface area contributed by atoms with Crippen LogP contribution >= 0.6 is 0 Å². The Labute approximate surface area is 84.7 Å². The summed E-state index contributed by atoms with van der Waals surface area (Å²) in [5.74, 6) is 0.107. The largest absolute Gasteiger partial charge is 0.382 e. The molecule has 0 aliphatic heterocycles. The van der Waals surface area contributed by atoms with Crippen molar-refractivity contribution in [2.75, 3.05) is 11.1 Å². The van der Waals surface area contributed by atoms with Gasteiger partial charge in [0.05, 0.1) is 0 Å². The van der Waals surface area contributed by atoms with Crippen molar-refractivity contribution in [2.24, 2.45) is 0 Å². The molecule has 0 saturated heterocycles. The van der Waals surface area contributed by atoms with Gasteiger partial charge in [-0.2, -0.15) is 5.10 Å². The first kappa shape index (κ1) is 9.13. The van der Waals surface area contributed by atoms with Crippen LogP contribution in [-0.4, -0.2) is 26.1 Å². The van der Waals surface area contributed by atoms with Crippen LogP contribution in [0.15, 0.2) is 24.5 Å². The van der Waals surface area contributed by atoms with Crippen LogP contribution < -0.4 is 11.1 Å². The normalized spacial score (nSPS) is 9.87. The first-order valence-electron chi connectivity index (χ1n) is 4.15. The smallest absolute Gasteiger partial charge is 0.276 e. The number of rotatable bonds is 2. The number of carbonyl (C=O) groups excluding carboxylic acids is 1. The van der Waals surface area contributed by atoms with E-state index in [9.17, 15) is 4.79 Å². The summed E-state index contributed by atoms with van der Waals surface area (Å²) in [6, 6.07) is 3.09. The van der Waals surface area contributed by atoms with E-state index in [4.69, 9.17) is 5.73 Å². The molecule has 2 aromatic heterocycles. The highest BCUT2D eigenvalue weighted by molar-refractivity contribution is 6.02. The predicted molar refractivity (Wildman–Crippen MR) is 53.0 cm³/mol. The van der Waals surface area contributed by atoms with Crippen LogP contribution in [0.3, 0.4) is 0 Å². The van der Waals surface area contributed by atoms with Gasteiger partial charge in [0, 0.05) is 18.5 Å². The van der Waals surface area contributed by atoms with Gasteiger partial charge in [0.25, 0.3) is 5.91 Å². The minimum Gasteiger partial charge on any atom is -0.382 e. The van der Waals surface area contributed by atoms with Crippen molar-refractivity contribution in [3.63, 3.8) is 0 Å². The number of H-pyrrole nitrogens is 1. The zero-order valence-corrected chi connectivity index (χ0v) is 7.64. The molecule has 7 heteroatoms. The average Bonchev–Trinajstić information content (AvgIpc) is 2.66. The van der Waals surface area contributed by atoms with Crippen LogP contribution in [0.5, 0.6) is 0 Å². The highest BCUT2D eigenvalue weighted by Gasteiger charge is 2.09. The maximum absolute atomic E-state index is 11.5. The van der Waals surface area contributed by atoms with Gasteiger partial charge in [0.1, 0.15) is 11.5 Å². The van der Waals surface area contributed by atoms with Gasteiger partial charge in [-0.3, -0.25) is 15.2 Å². The van der Waals surface area contributed by atoms with Gasteiger partial charge in [0.2, 0.25) is 5.95 Å². The quantitative estimate of drug-likeness (QED) is 0.639. The number of hydrogen-bond acceptors (Lipinski definition) is 5. The lowest BCUT2D eigenvalue weighted by atomic mass is 10.4. The number of nitrogen functional groups attached to an aromatic ring is 1. The van der Waals surface area contributed by atoms with Gasteiger partial charge in [0.15, 0.2) is 0 Å².